The number of benzene rings is 2. The molecule has 0 aliphatic carbocycles. The van der Waals surface area contributed by atoms with Crippen LogP contribution >= 0.6 is 0 Å². The highest BCUT2D eigenvalue weighted by molar-refractivity contribution is 6.04. The first-order chi connectivity index (χ1) is 10.4. The number of hydrogen-bond donors (Lipinski definition) is 1. The van der Waals surface area contributed by atoms with Crippen molar-refractivity contribution in [2.45, 2.75) is 27.7 Å². The Bertz CT molecular complexity index is 642. The Morgan fingerprint density at radius 3 is 2.41 bits per heavy atom. The van der Waals surface area contributed by atoms with Gasteiger partial charge in [-0.05, 0) is 61.2 Å². The lowest BCUT2D eigenvalue weighted by atomic mass is 10.1. The molecule has 0 spiro atoms. The van der Waals surface area contributed by atoms with Crippen molar-refractivity contribution < 1.29 is 9.53 Å². The van der Waals surface area contributed by atoms with Gasteiger partial charge in [0.05, 0.1) is 6.61 Å². The Morgan fingerprint density at radius 2 is 1.77 bits per heavy atom. The summed E-state index contributed by atoms with van der Waals surface area (Å²) in [6.45, 7) is 8.86. The molecule has 1 N–H and O–H groups in total. The van der Waals surface area contributed by atoms with Gasteiger partial charge in [0.15, 0.2) is 0 Å². The number of hydrogen-bond acceptors (Lipinski definition) is 2. The SMILES string of the molecule is Cc1cc(C)cc(NC(=O)c2cccc(OCC(C)C)c2)c1. The van der Waals surface area contributed by atoms with Crippen molar-refractivity contribution >= 4 is 11.6 Å². The van der Waals surface area contributed by atoms with Crippen LogP contribution in [0.25, 0.3) is 0 Å². The van der Waals surface area contributed by atoms with Crippen molar-refractivity contribution in [1.82, 2.24) is 0 Å². The number of carbonyl (C=O) groups excluding carboxylic acids is 1. The van der Waals surface area contributed by atoms with Gasteiger partial charge in [-0.1, -0.05) is 26.0 Å². The second-order valence-corrected chi connectivity index (χ2v) is 6.06. The molecule has 0 atom stereocenters. The molecule has 0 saturated heterocycles. The van der Waals surface area contributed by atoms with Crippen LogP contribution in [0.15, 0.2) is 42.5 Å². The first-order valence-corrected chi connectivity index (χ1v) is 7.56. The van der Waals surface area contributed by atoms with Gasteiger partial charge in [0.25, 0.3) is 5.91 Å². The molecule has 2 rings (SSSR count). The van der Waals surface area contributed by atoms with Crippen molar-refractivity contribution in [1.29, 1.82) is 0 Å². The normalized spacial score (nSPS) is 10.6. The average Bonchev–Trinajstić information content (AvgIpc) is 2.44. The zero-order valence-electron chi connectivity index (χ0n) is 13.6. The molecule has 0 bridgehead atoms. The van der Waals surface area contributed by atoms with Crippen molar-refractivity contribution in [2.24, 2.45) is 5.92 Å². The van der Waals surface area contributed by atoms with Crippen LogP contribution in [-0.4, -0.2) is 12.5 Å². The summed E-state index contributed by atoms with van der Waals surface area (Å²) in [7, 11) is 0. The molecule has 3 nitrogen and oxygen atoms in total. The molecule has 0 aromatic heterocycles. The average molecular weight is 297 g/mol. The third-order valence-corrected chi connectivity index (χ3v) is 3.16. The van der Waals surface area contributed by atoms with Crippen LogP contribution in [0.4, 0.5) is 5.69 Å². The Balaban J connectivity index is 2.10. The summed E-state index contributed by atoms with van der Waals surface area (Å²) in [5, 5.41) is 2.94. The van der Waals surface area contributed by atoms with Crippen molar-refractivity contribution in [3.8, 4) is 5.75 Å². The van der Waals surface area contributed by atoms with Crippen LogP contribution in [0, 0.1) is 19.8 Å². The molecule has 0 aliphatic rings. The lowest BCUT2D eigenvalue weighted by Crippen LogP contribution is -2.12. The maximum atomic E-state index is 12.4. The number of carbonyl (C=O) groups is 1. The molecule has 0 heterocycles. The van der Waals surface area contributed by atoms with Gasteiger partial charge in [0.1, 0.15) is 5.75 Å². The highest BCUT2D eigenvalue weighted by Gasteiger charge is 2.08. The summed E-state index contributed by atoms with van der Waals surface area (Å²) in [6, 6.07) is 13.3. The number of anilines is 1. The molecule has 0 radical (unpaired) electrons. The van der Waals surface area contributed by atoms with Crippen molar-refractivity contribution in [3.05, 3.63) is 59.2 Å². The summed E-state index contributed by atoms with van der Waals surface area (Å²) >= 11 is 0. The fourth-order valence-corrected chi connectivity index (χ4v) is 2.24. The van der Waals surface area contributed by atoms with Crippen molar-refractivity contribution in [3.63, 3.8) is 0 Å². The number of nitrogens with one attached hydrogen (secondary N) is 1. The number of amides is 1. The Kier molecular flexibility index (Phi) is 5.21. The lowest BCUT2D eigenvalue weighted by molar-refractivity contribution is 0.102. The second-order valence-electron chi connectivity index (χ2n) is 6.06. The highest BCUT2D eigenvalue weighted by Crippen LogP contribution is 2.18. The van der Waals surface area contributed by atoms with Gasteiger partial charge in [-0.15, -0.1) is 0 Å². The molecular formula is C19H23NO2. The highest BCUT2D eigenvalue weighted by atomic mass is 16.5. The predicted octanol–water partition coefficient (Wildman–Crippen LogP) is 4.59. The summed E-state index contributed by atoms with van der Waals surface area (Å²) in [5.74, 6) is 1.05. The summed E-state index contributed by atoms with van der Waals surface area (Å²) in [6.07, 6.45) is 0. The Morgan fingerprint density at radius 1 is 1.09 bits per heavy atom. The van der Waals surface area contributed by atoms with E-state index >= 15 is 0 Å². The molecule has 3 heteroatoms. The monoisotopic (exact) mass is 297 g/mol. The Labute approximate surface area is 132 Å². The van der Waals surface area contributed by atoms with Gasteiger partial charge in [-0.25, -0.2) is 0 Å². The number of ether oxygens (including phenoxy) is 1. The molecule has 2 aromatic rings. The van der Waals surface area contributed by atoms with Crippen LogP contribution in [0.5, 0.6) is 5.75 Å². The summed E-state index contributed by atoms with van der Waals surface area (Å²) in [5.41, 5.74) is 3.67. The van der Waals surface area contributed by atoms with Crippen LogP contribution < -0.4 is 10.1 Å². The molecule has 0 fully saturated rings. The van der Waals surface area contributed by atoms with Gasteiger partial charge in [0.2, 0.25) is 0 Å². The lowest BCUT2D eigenvalue weighted by Gasteiger charge is -2.11. The maximum absolute atomic E-state index is 12.4. The zero-order valence-corrected chi connectivity index (χ0v) is 13.6. The topological polar surface area (TPSA) is 38.3 Å². The van der Waals surface area contributed by atoms with Gasteiger partial charge >= 0.3 is 0 Å². The minimum atomic E-state index is -0.125. The minimum absolute atomic E-state index is 0.125. The van der Waals surface area contributed by atoms with Gasteiger partial charge in [0, 0.05) is 11.3 Å². The Hall–Kier alpha value is -2.29. The van der Waals surface area contributed by atoms with E-state index in [4.69, 9.17) is 4.74 Å². The fourth-order valence-electron chi connectivity index (χ4n) is 2.24. The van der Waals surface area contributed by atoms with E-state index in [1.54, 1.807) is 12.1 Å². The third-order valence-electron chi connectivity index (χ3n) is 3.16. The molecule has 1 amide bonds. The van der Waals surface area contributed by atoms with E-state index in [0.717, 1.165) is 22.6 Å². The fraction of sp³-hybridized carbons (Fsp3) is 0.316. The molecule has 22 heavy (non-hydrogen) atoms. The standard InChI is InChI=1S/C19H23NO2/c1-13(2)12-22-18-7-5-6-16(11-18)19(21)20-17-9-14(3)8-15(4)10-17/h5-11,13H,12H2,1-4H3,(H,20,21). The van der Waals surface area contributed by atoms with Gasteiger partial charge in [-0.3, -0.25) is 4.79 Å². The first-order valence-electron chi connectivity index (χ1n) is 7.56. The largest absolute Gasteiger partial charge is 0.493 e. The van der Waals surface area contributed by atoms with E-state index in [9.17, 15) is 4.79 Å². The predicted molar refractivity (Wildman–Crippen MR) is 90.6 cm³/mol. The number of aryl methyl sites for hydroxylation is 2. The summed E-state index contributed by atoms with van der Waals surface area (Å²) < 4.78 is 5.67. The van der Waals surface area contributed by atoms with E-state index in [-0.39, 0.29) is 5.91 Å². The van der Waals surface area contributed by atoms with Crippen LogP contribution in [0.3, 0.4) is 0 Å². The van der Waals surface area contributed by atoms with E-state index in [2.05, 4.69) is 25.2 Å². The van der Waals surface area contributed by atoms with Crippen molar-refractivity contribution in [2.75, 3.05) is 11.9 Å². The second kappa shape index (κ2) is 7.12. The minimum Gasteiger partial charge on any atom is -0.493 e. The van der Waals surface area contributed by atoms with E-state index < -0.39 is 0 Å². The maximum Gasteiger partial charge on any atom is 0.255 e. The van der Waals surface area contributed by atoms with Crippen LogP contribution in [0.1, 0.15) is 35.3 Å². The quantitative estimate of drug-likeness (QED) is 0.876. The van der Waals surface area contributed by atoms with E-state index in [1.165, 1.54) is 0 Å². The van der Waals surface area contributed by atoms with E-state index in [0.29, 0.717) is 18.1 Å². The summed E-state index contributed by atoms with van der Waals surface area (Å²) in [4.78, 5) is 12.4. The molecule has 0 unspecified atom stereocenters. The van der Waals surface area contributed by atoms with Gasteiger partial charge < -0.3 is 10.1 Å². The smallest absolute Gasteiger partial charge is 0.255 e. The van der Waals surface area contributed by atoms with Gasteiger partial charge in [-0.2, -0.15) is 0 Å². The molecule has 116 valence electrons. The van der Waals surface area contributed by atoms with Crippen LogP contribution in [0.2, 0.25) is 0 Å². The molecule has 2 aromatic carbocycles. The number of rotatable bonds is 5. The molecule has 0 saturated carbocycles. The first kappa shape index (κ1) is 16.1. The third kappa shape index (κ3) is 4.62. The molecule has 0 aliphatic heterocycles. The van der Waals surface area contributed by atoms with Crippen LogP contribution in [-0.2, 0) is 0 Å². The zero-order chi connectivity index (χ0) is 16.1. The molecular weight excluding hydrogens is 274 g/mol. The van der Waals surface area contributed by atoms with E-state index in [1.807, 2.05) is 38.1 Å².